The van der Waals surface area contributed by atoms with Crippen LogP contribution in [0.25, 0.3) is 10.9 Å². The maximum absolute atomic E-state index is 6.46. The lowest BCUT2D eigenvalue weighted by molar-refractivity contribution is 0.194. The van der Waals surface area contributed by atoms with Gasteiger partial charge in [-0.15, -0.1) is 0 Å². The van der Waals surface area contributed by atoms with Crippen LogP contribution in [0.4, 0.5) is 5.69 Å². The van der Waals surface area contributed by atoms with Crippen molar-refractivity contribution >= 4 is 36.5 Å². The fourth-order valence-electron chi connectivity index (χ4n) is 2.61. The van der Waals surface area contributed by atoms with Crippen LogP contribution in [0.2, 0.25) is 23.2 Å². The van der Waals surface area contributed by atoms with Gasteiger partial charge in [-0.3, -0.25) is 4.68 Å². The van der Waals surface area contributed by atoms with Gasteiger partial charge in [0, 0.05) is 30.1 Å². The van der Waals surface area contributed by atoms with Crippen molar-refractivity contribution < 1.29 is 4.43 Å². The average molecular weight is 366 g/mol. The van der Waals surface area contributed by atoms with Gasteiger partial charge >= 0.3 is 0 Å². The van der Waals surface area contributed by atoms with Crippen molar-refractivity contribution in [2.75, 3.05) is 12.3 Å². The van der Waals surface area contributed by atoms with Crippen molar-refractivity contribution in [2.24, 2.45) is 5.41 Å². The Kier molecular flexibility index (Phi) is 4.26. The highest BCUT2D eigenvalue weighted by Gasteiger charge is 2.46. The van der Waals surface area contributed by atoms with Gasteiger partial charge in [0.05, 0.1) is 16.2 Å². The summed E-state index contributed by atoms with van der Waals surface area (Å²) in [7, 11) is -1.70. The summed E-state index contributed by atoms with van der Waals surface area (Å²) >= 11 is 6.10. The number of nitrogens with zero attached hydrogens (tertiary/aromatic N) is 2. The molecule has 1 aromatic heterocycles. The second-order valence-electron chi connectivity index (χ2n) is 8.81. The minimum atomic E-state index is -1.70. The van der Waals surface area contributed by atoms with E-state index in [2.05, 4.69) is 45.2 Å². The first-order chi connectivity index (χ1) is 11.0. The van der Waals surface area contributed by atoms with E-state index in [0.29, 0.717) is 10.7 Å². The van der Waals surface area contributed by atoms with Crippen molar-refractivity contribution in [3.05, 3.63) is 23.4 Å². The SMILES string of the molecule is CC(C)(C)[Si](C)(C)OCC1(Cn2cc3cc(N)c(Cl)cc3n2)CC1. The number of anilines is 1. The zero-order valence-electron chi connectivity index (χ0n) is 15.3. The largest absolute Gasteiger partial charge is 0.416 e. The molecule has 0 atom stereocenters. The summed E-state index contributed by atoms with van der Waals surface area (Å²) in [5.74, 6) is 0. The third-order valence-electron chi connectivity index (χ3n) is 5.67. The van der Waals surface area contributed by atoms with Crippen LogP contribution in [0.15, 0.2) is 18.3 Å². The minimum Gasteiger partial charge on any atom is -0.416 e. The van der Waals surface area contributed by atoms with Crippen LogP contribution in [-0.2, 0) is 11.0 Å². The van der Waals surface area contributed by atoms with Crippen molar-refractivity contribution in [1.82, 2.24) is 9.78 Å². The minimum absolute atomic E-state index is 0.243. The summed E-state index contributed by atoms with van der Waals surface area (Å²) in [6.07, 6.45) is 4.48. The lowest BCUT2D eigenvalue weighted by Crippen LogP contribution is -2.42. The molecule has 1 aliphatic carbocycles. The van der Waals surface area contributed by atoms with Crippen LogP contribution in [0.1, 0.15) is 33.6 Å². The predicted octanol–water partition coefficient (Wildman–Crippen LogP) is 5.07. The lowest BCUT2D eigenvalue weighted by atomic mass is 10.1. The number of nitrogens with two attached hydrogens (primary N) is 1. The molecule has 0 saturated heterocycles. The molecule has 0 radical (unpaired) electrons. The maximum atomic E-state index is 6.46. The van der Waals surface area contributed by atoms with Crippen molar-refractivity contribution in [3.8, 4) is 0 Å². The predicted molar refractivity (Wildman–Crippen MR) is 104 cm³/mol. The molecule has 0 bridgehead atoms. The first-order valence-corrected chi connectivity index (χ1v) is 11.9. The molecular formula is C18H28ClN3OSi. The number of hydrogen-bond acceptors (Lipinski definition) is 3. The molecule has 4 nitrogen and oxygen atoms in total. The van der Waals surface area contributed by atoms with Gasteiger partial charge in [0.2, 0.25) is 0 Å². The zero-order chi connectivity index (χ0) is 17.8. The van der Waals surface area contributed by atoms with Crippen LogP contribution in [0.5, 0.6) is 0 Å². The molecule has 1 heterocycles. The zero-order valence-corrected chi connectivity index (χ0v) is 17.1. The van der Waals surface area contributed by atoms with Crippen molar-refractivity contribution in [2.45, 2.75) is 58.3 Å². The highest BCUT2D eigenvalue weighted by Crippen LogP contribution is 2.49. The highest BCUT2D eigenvalue weighted by atomic mass is 35.5. The second kappa shape index (κ2) is 5.75. The molecule has 2 aromatic rings. The topological polar surface area (TPSA) is 53.1 Å². The summed E-state index contributed by atoms with van der Waals surface area (Å²) in [5.41, 5.74) is 7.63. The summed E-state index contributed by atoms with van der Waals surface area (Å²) in [6, 6.07) is 3.74. The molecule has 1 aromatic carbocycles. The molecule has 0 aliphatic heterocycles. The third kappa shape index (κ3) is 3.48. The van der Waals surface area contributed by atoms with E-state index in [1.807, 2.05) is 16.8 Å². The summed E-state index contributed by atoms with van der Waals surface area (Å²) < 4.78 is 8.49. The van der Waals surface area contributed by atoms with E-state index in [0.717, 1.165) is 24.1 Å². The molecule has 2 N–H and O–H groups in total. The molecule has 0 amide bonds. The van der Waals surface area contributed by atoms with Crippen LogP contribution in [-0.4, -0.2) is 24.7 Å². The Balaban J connectivity index is 1.71. The first-order valence-electron chi connectivity index (χ1n) is 8.58. The Hall–Kier alpha value is -1.04. The fourth-order valence-corrected chi connectivity index (χ4v) is 3.87. The van der Waals surface area contributed by atoms with Gasteiger partial charge in [-0.05, 0) is 43.1 Å². The molecule has 1 saturated carbocycles. The number of hydrogen-bond donors (Lipinski definition) is 1. The monoisotopic (exact) mass is 365 g/mol. The second-order valence-corrected chi connectivity index (χ2v) is 14.0. The van der Waals surface area contributed by atoms with Crippen LogP contribution in [0.3, 0.4) is 0 Å². The number of aromatic nitrogens is 2. The van der Waals surface area contributed by atoms with Crippen LogP contribution in [0, 0.1) is 5.41 Å². The van der Waals surface area contributed by atoms with Gasteiger partial charge in [-0.25, -0.2) is 0 Å². The van der Waals surface area contributed by atoms with Gasteiger partial charge in [0.1, 0.15) is 0 Å². The lowest BCUT2D eigenvalue weighted by Gasteiger charge is -2.37. The normalized spacial score (nSPS) is 17.4. The van der Waals surface area contributed by atoms with Crippen molar-refractivity contribution in [1.29, 1.82) is 0 Å². The van der Waals surface area contributed by atoms with E-state index in [4.69, 9.17) is 21.8 Å². The number of benzene rings is 1. The Morgan fingerprint density at radius 3 is 2.58 bits per heavy atom. The van der Waals surface area contributed by atoms with Crippen LogP contribution < -0.4 is 5.73 Å². The molecular weight excluding hydrogens is 338 g/mol. The maximum Gasteiger partial charge on any atom is 0.192 e. The van der Waals surface area contributed by atoms with Gasteiger partial charge < -0.3 is 10.2 Å². The van der Waals surface area contributed by atoms with E-state index in [1.54, 1.807) is 0 Å². The van der Waals surface area contributed by atoms with Crippen molar-refractivity contribution in [3.63, 3.8) is 0 Å². The number of nitrogen functional groups attached to an aromatic ring is 1. The number of halogens is 1. The Morgan fingerprint density at radius 1 is 1.33 bits per heavy atom. The van der Waals surface area contributed by atoms with E-state index in [1.165, 1.54) is 12.8 Å². The molecule has 132 valence electrons. The Labute approximate surface area is 150 Å². The third-order valence-corrected chi connectivity index (χ3v) is 10.5. The first kappa shape index (κ1) is 17.8. The molecule has 0 unspecified atom stereocenters. The Bertz CT molecular complexity index is 720. The summed E-state index contributed by atoms with van der Waals surface area (Å²) in [6.45, 7) is 13.2. The standard InChI is InChI=1S/C18H28ClN3OSi/c1-17(2,3)24(4,5)23-12-18(6-7-18)11-22-10-13-8-15(20)14(19)9-16(13)21-22/h8-10H,6-7,11-12,20H2,1-5H3. The Morgan fingerprint density at radius 2 is 2.00 bits per heavy atom. The quantitative estimate of drug-likeness (QED) is 0.594. The molecule has 1 fully saturated rings. The van der Waals surface area contributed by atoms with Gasteiger partial charge in [-0.1, -0.05) is 32.4 Å². The molecule has 3 rings (SSSR count). The molecule has 24 heavy (non-hydrogen) atoms. The highest BCUT2D eigenvalue weighted by molar-refractivity contribution is 6.74. The van der Waals surface area contributed by atoms with E-state index in [9.17, 15) is 0 Å². The number of rotatable bonds is 5. The van der Waals surface area contributed by atoms with Gasteiger partial charge in [0.15, 0.2) is 8.32 Å². The smallest absolute Gasteiger partial charge is 0.192 e. The summed E-state index contributed by atoms with van der Waals surface area (Å²) in [4.78, 5) is 0. The molecule has 1 aliphatic rings. The van der Waals surface area contributed by atoms with Gasteiger partial charge in [-0.2, -0.15) is 5.10 Å². The molecule has 0 spiro atoms. The van der Waals surface area contributed by atoms with Gasteiger partial charge in [0.25, 0.3) is 0 Å². The van der Waals surface area contributed by atoms with E-state index in [-0.39, 0.29) is 10.5 Å². The van der Waals surface area contributed by atoms with E-state index >= 15 is 0 Å². The fraction of sp³-hybridized carbons (Fsp3) is 0.611. The van der Waals surface area contributed by atoms with E-state index < -0.39 is 8.32 Å². The summed E-state index contributed by atoms with van der Waals surface area (Å²) in [5, 5.41) is 6.52. The van der Waals surface area contributed by atoms with Crippen LogP contribution >= 0.6 is 11.6 Å². The number of fused-ring (bicyclic) bond motifs is 1. The average Bonchev–Trinajstić information content (AvgIpc) is 3.11. The molecule has 6 heteroatoms.